The van der Waals surface area contributed by atoms with Crippen LogP contribution in [0.15, 0.2) is 30.4 Å². The number of benzene rings is 1. The van der Waals surface area contributed by atoms with Crippen molar-refractivity contribution in [2.75, 3.05) is 4.90 Å². The first kappa shape index (κ1) is 8.50. The lowest BCUT2D eigenvalue weighted by Crippen LogP contribution is -2.29. The molecule has 0 saturated carbocycles. The number of aromatic hydroxyl groups is 1. The molecule has 1 aliphatic rings. The van der Waals surface area contributed by atoms with E-state index >= 15 is 0 Å². The molecule has 0 spiro atoms. The topological polar surface area (TPSA) is 57.6 Å². The summed E-state index contributed by atoms with van der Waals surface area (Å²) in [5.74, 6) is -1.02. The number of anilines is 1. The van der Waals surface area contributed by atoms with Gasteiger partial charge in [-0.05, 0) is 18.2 Å². The van der Waals surface area contributed by atoms with E-state index in [1.807, 2.05) is 0 Å². The van der Waals surface area contributed by atoms with E-state index in [1.165, 1.54) is 18.2 Å². The maximum atomic E-state index is 11.2. The zero-order valence-electron chi connectivity index (χ0n) is 7.10. The standard InChI is InChI=1S/C10H6NO3/c12-8-4-2-1-3-7(8)11-9(13)5-6-10(11)14/h2-6,12H. The number of hydrogen-bond donors (Lipinski definition) is 1. The van der Waals surface area contributed by atoms with Crippen LogP contribution in [0.25, 0.3) is 0 Å². The van der Waals surface area contributed by atoms with Gasteiger partial charge in [-0.3, -0.25) is 9.59 Å². The molecule has 1 N–H and O–H groups in total. The van der Waals surface area contributed by atoms with E-state index in [1.54, 1.807) is 0 Å². The largest absolute Gasteiger partial charge is 0.506 e. The monoisotopic (exact) mass is 188 g/mol. The van der Waals surface area contributed by atoms with Crippen LogP contribution in [0.5, 0.6) is 5.75 Å². The van der Waals surface area contributed by atoms with Crippen LogP contribution < -0.4 is 4.90 Å². The second-order valence-electron chi connectivity index (χ2n) is 2.76. The van der Waals surface area contributed by atoms with Crippen LogP contribution in [0.1, 0.15) is 0 Å². The molecular formula is C10H6NO3. The molecule has 2 rings (SSSR count). The van der Waals surface area contributed by atoms with Crippen LogP contribution >= 0.6 is 0 Å². The van der Waals surface area contributed by atoms with E-state index in [9.17, 15) is 14.7 Å². The molecule has 0 fully saturated rings. The summed E-state index contributed by atoms with van der Waals surface area (Å²) < 4.78 is 0. The fourth-order valence-corrected chi connectivity index (χ4v) is 1.23. The van der Waals surface area contributed by atoms with Gasteiger partial charge in [0.1, 0.15) is 5.75 Å². The molecule has 4 heteroatoms. The highest BCUT2D eigenvalue weighted by atomic mass is 16.3. The van der Waals surface area contributed by atoms with Crippen molar-refractivity contribution in [1.82, 2.24) is 0 Å². The number of phenolic OH excluding ortho intramolecular Hbond substituents is 1. The molecule has 1 heterocycles. The Bertz CT molecular complexity index is 419. The third-order valence-electron chi connectivity index (χ3n) is 1.87. The lowest BCUT2D eigenvalue weighted by atomic mass is 10.2. The normalized spacial score (nSPS) is 15.3. The van der Waals surface area contributed by atoms with Crippen molar-refractivity contribution in [3.63, 3.8) is 0 Å². The molecular weight excluding hydrogens is 182 g/mol. The Morgan fingerprint density at radius 1 is 1.21 bits per heavy atom. The Balaban J connectivity index is 2.46. The van der Waals surface area contributed by atoms with Crippen LogP contribution in [0.2, 0.25) is 0 Å². The third kappa shape index (κ3) is 1.17. The molecule has 0 atom stereocenters. The number of carbonyl (C=O) groups is 2. The number of nitrogens with zero attached hydrogens (tertiary/aromatic N) is 1. The summed E-state index contributed by atoms with van der Waals surface area (Å²) in [5.41, 5.74) is 0.160. The number of amides is 2. The predicted molar refractivity (Wildman–Crippen MR) is 48.6 cm³/mol. The second kappa shape index (κ2) is 2.99. The molecule has 0 saturated heterocycles. The Morgan fingerprint density at radius 3 is 2.43 bits per heavy atom. The molecule has 1 aromatic rings. The van der Waals surface area contributed by atoms with E-state index in [0.717, 1.165) is 17.1 Å². The van der Waals surface area contributed by atoms with E-state index < -0.39 is 11.8 Å². The van der Waals surface area contributed by atoms with Crippen molar-refractivity contribution in [3.05, 3.63) is 36.4 Å². The van der Waals surface area contributed by atoms with Crippen molar-refractivity contribution >= 4 is 17.5 Å². The summed E-state index contributed by atoms with van der Waals surface area (Å²) in [6, 6.07) is 6.94. The number of hydrogen-bond acceptors (Lipinski definition) is 3. The summed E-state index contributed by atoms with van der Waals surface area (Å²) in [5, 5.41) is 9.41. The second-order valence-corrected chi connectivity index (χ2v) is 2.76. The summed E-state index contributed by atoms with van der Waals surface area (Å²) in [4.78, 5) is 23.4. The molecule has 1 aromatic carbocycles. The van der Waals surface area contributed by atoms with Crippen molar-refractivity contribution in [3.8, 4) is 5.75 Å². The lowest BCUT2D eigenvalue weighted by Gasteiger charge is -2.14. The number of rotatable bonds is 1. The summed E-state index contributed by atoms with van der Waals surface area (Å²) >= 11 is 0. The van der Waals surface area contributed by atoms with Gasteiger partial charge in [-0.2, -0.15) is 0 Å². The van der Waals surface area contributed by atoms with Crippen LogP contribution in [-0.2, 0) is 9.59 Å². The Morgan fingerprint density at radius 2 is 1.86 bits per heavy atom. The summed E-state index contributed by atoms with van der Waals surface area (Å²) in [7, 11) is 0. The van der Waals surface area contributed by atoms with Crippen LogP contribution in [0.3, 0.4) is 0 Å². The number of phenols is 1. The molecule has 0 aromatic heterocycles. The quantitative estimate of drug-likeness (QED) is 0.657. The molecule has 1 radical (unpaired) electrons. The summed E-state index contributed by atoms with van der Waals surface area (Å²) in [6.45, 7) is 0. The fourth-order valence-electron chi connectivity index (χ4n) is 1.23. The van der Waals surface area contributed by atoms with Crippen molar-refractivity contribution in [2.24, 2.45) is 0 Å². The molecule has 0 unspecified atom stereocenters. The fraction of sp³-hybridized carbons (Fsp3) is 0. The first-order chi connectivity index (χ1) is 6.70. The van der Waals surface area contributed by atoms with E-state index in [-0.39, 0.29) is 11.4 Å². The zero-order valence-corrected chi connectivity index (χ0v) is 7.10. The van der Waals surface area contributed by atoms with Crippen molar-refractivity contribution < 1.29 is 14.7 Å². The van der Waals surface area contributed by atoms with Crippen LogP contribution in [0.4, 0.5) is 5.69 Å². The SMILES string of the molecule is O=C1C=CC(=O)N1c1c[c]ccc1O. The van der Waals surface area contributed by atoms with Crippen LogP contribution in [-0.4, -0.2) is 16.9 Å². The van der Waals surface area contributed by atoms with E-state index in [4.69, 9.17) is 0 Å². The van der Waals surface area contributed by atoms with E-state index in [2.05, 4.69) is 6.07 Å². The van der Waals surface area contributed by atoms with Gasteiger partial charge in [0.05, 0.1) is 5.69 Å². The maximum Gasteiger partial charge on any atom is 0.258 e. The van der Waals surface area contributed by atoms with Gasteiger partial charge in [0.25, 0.3) is 11.8 Å². The Labute approximate surface area is 80.1 Å². The summed E-state index contributed by atoms with van der Waals surface area (Å²) in [6.07, 6.45) is 2.32. The van der Waals surface area contributed by atoms with Gasteiger partial charge in [-0.1, -0.05) is 6.07 Å². The first-order valence-electron chi connectivity index (χ1n) is 3.95. The zero-order chi connectivity index (χ0) is 10.1. The molecule has 2 amide bonds. The highest BCUT2D eigenvalue weighted by Gasteiger charge is 2.26. The minimum Gasteiger partial charge on any atom is -0.506 e. The molecule has 4 nitrogen and oxygen atoms in total. The Hall–Kier alpha value is -2.10. The Kier molecular flexibility index (Phi) is 1.81. The molecule has 1 aliphatic heterocycles. The first-order valence-corrected chi connectivity index (χ1v) is 3.95. The average molecular weight is 188 g/mol. The van der Waals surface area contributed by atoms with Crippen molar-refractivity contribution in [1.29, 1.82) is 0 Å². The lowest BCUT2D eigenvalue weighted by molar-refractivity contribution is -0.120. The van der Waals surface area contributed by atoms with Gasteiger partial charge in [0.2, 0.25) is 0 Å². The highest BCUT2D eigenvalue weighted by Crippen LogP contribution is 2.28. The van der Waals surface area contributed by atoms with Crippen molar-refractivity contribution in [2.45, 2.75) is 0 Å². The molecule has 69 valence electrons. The third-order valence-corrected chi connectivity index (χ3v) is 1.87. The highest BCUT2D eigenvalue weighted by molar-refractivity contribution is 6.28. The van der Waals surface area contributed by atoms with E-state index in [0.29, 0.717) is 0 Å². The van der Waals surface area contributed by atoms with Crippen LogP contribution in [0, 0.1) is 6.07 Å². The van der Waals surface area contributed by atoms with Gasteiger partial charge in [0, 0.05) is 12.2 Å². The predicted octanol–water partition coefficient (Wildman–Crippen LogP) is 0.622. The number of carbonyl (C=O) groups excluding carboxylic acids is 2. The molecule has 14 heavy (non-hydrogen) atoms. The minimum absolute atomic E-state index is 0.117. The maximum absolute atomic E-state index is 11.2. The smallest absolute Gasteiger partial charge is 0.258 e. The molecule has 0 aliphatic carbocycles. The number of imide groups is 1. The average Bonchev–Trinajstić information content (AvgIpc) is 2.48. The van der Waals surface area contributed by atoms with Gasteiger partial charge in [-0.25, -0.2) is 4.90 Å². The minimum atomic E-state index is -0.454. The molecule has 0 bridgehead atoms. The van der Waals surface area contributed by atoms with Gasteiger partial charge in [0.15, 0.2) is 0 Å². The van der Waals surface area contributed by atoms with Gasteiger partial charge in [-0.15, -0.1) is 0 Å². The van der Waals surface area contributed by atoms with Gasteiger partial charge >= 0.3 is 0 Å². The van der Waals surface area contributed by atoms with Gasteiger partial charge < -0.3 is 5.11 Å².